The van der Waals surface area contributed by atoms with E-state index in [2.05, 4.69) is 6.92 Å². The Hall–Kier alpha value is -0.970. The zero-order valence-corrected chi connectivity index (χ0v) is 14.1. The summed E-state index contributed by atoms with van der Waals surface area (Å²) in [7, 11) is 1.48. The number of halogens is 2. The Bertz CT molecular complexity index is 468. The SMILES string of the molecule is CCCCCCCCOc1cc([NH2+]O)c(N)cc1C(F)(F)P. The van der Waals surface area contributed by atoms with Crippen LogP contribution >= 0.6 is 9.24 Å². The Labute approximate surface area is 132 Å². The van der Waals surface area contributed by atoms with Crippen LogP contribution in [-0.4, -0.2) is 11.8 Å². The van der Waals surface area contributed by atoms with Gasteiger partial charge in [-0.1, -0.05) is 48.3 Å². The minimum atomic E-state index is -3.13. The lowest BCUT2D eigenvalue weighted by Gasteiger charge is -2.17. The molecule has 4 nitrogen and oxygen atoms in total. The number of nitrogens with two attached hydrogens (primary N) is 2. The molecule has 0 amide bonds. The highest BCUT2D eigenvalue weighted by Crippen LogP contribution is 2.42. The van der Waals surface area contributed by atoms with Crippen molar-refractivity contribution in [3.05, 3.63) is 17.7 Å². The number of alkyl halides is 2. The maximum atomic E-state index is 13.6. The third kappa shape index (κ3) is 6.03. The van der Waals surface area contributed by atoms with Crippen molar-refractivity contribution in [2.24, 2.45) is 0 Å². The molecular weight excluding hydrogens is 309 g/mol. The summed E-state index contributed by atoms with van der Waals surface area (Å²) < 4.78 is 32.7. The van der Waals surface area contributed by atoms with Crippen LogP contribution in [0.4, 0.5) is 20.2 Å². The fourth-order valence-corrected chi connectivity index (χ4v) is 2.39. The smallest absolute Gasteiger partial charge is 0.287 e. The highest BCUT2D eigenvalue weighted by atomic mass is 31.0. The fourth-order valence-electron chi connectivity index (χ4n) is 2.17. The number of benzene rings is 1. The van der Waals surface area contributed by atoms with Crippen LogP contribution in [0, 0.1) is 0 Å². The first kappa shape index (κ1) is 19.1. The zero-order chi connectivity index (χ0) is 16.6. The molecule has 126 valence electrons. The lowest BCUT2D eigenvalue weighted by molar-refractivity contribution is -0.825. The summed E-state index contributed by atoms with van der Waals surface area (Å²) in [6.07, 6.45) is 6.56. The lowest BCUT2D eigenvalue weighted by atomic mass is 10.1. The molecule has 0 saturated heterocycles. The summed E-state index contributed by atoms with van der Waals surface area (Å²) in [5.74, 6) is 0.0584. The average molecular weight is 335 g/mol. The number of nitrogen functional groups attached to an aromatic ring is 1. The highest BCUT2D eigenvalue weighted by Gasteiger charge is 2.30. The van der Waals surface area contributed by atoms with Gasteiger partial charge < -0.3 is 10.5 Å². The molecule has 0 bridgehead atoms. The number of unbranched alkanes of at least 4 members (excludes halogenated alkanes) is 5. The van der Waals surface area contributed by atoms with Crippen LogP contribution in [-0.2, 0) is 5.66 Å². The van der Waals surface area contributed by atoms with E-state index in [1.807, 2.05) is 0 Å². The highest BCUT2D eigenvalue weighted by molar-refractivity contribution is 7.17. The third-order valence-electron chi connectivity index (χ3n) is 3.44. The topological polar surface area (TPSA) is 72.1 Å². The van der Waals surface area contributed by atoms with E-state index in [1.165, 1.54) is 34.6 Å². The number of anilines is 1. The molecule has 0 aliphatic heterocycles. The standard InChI is InChI=1S/C15H25F2N2O2P/c1-2-3-4-5-6-7-8-21-14-10-13(19-20)12(18)9-11(14)15(16,17)22/h9-10,19-20H,2-8,18,22H2,1H3/p+1. The van der Waals surface area contributed by atoms with Gasteiger partial charge in [-0.05, 0) is 12.5 Å². The molecule has 1 atom stereocenters. The summed E-state index contributed by atoms with van der Waals surface area (Å²) in [6, 6.07) is 2.49. The van der Waals surface area contributed by atoms with E-state index in [0.29, 0.717) is 6.61 Å². The van der Waals surface area contributed by atoms with Crippen LogP contribution in [0.15, 0.2) is 12.1 Å². The molecule has 0 fully saturated rings. The largest absolute Gasteiger partial charge is 0.493 e. The van der Waals surface area contributed by atoms with Crippen LogP contribution in [0.3, 0.4) is 0 Å². The molecule has 7 heteroatoms. The molecule has 22 heavy (non-hydrogen) atoms. The lowest BCUT2D eigenvalue weighted by Crippen LogP contribution is -2.74. The van der Waals surface area contributed by atoms with Crippen LogP contribution < -0.4 is 16.0 Å². The summed E-state index contributed by atoms with van der Waals surface area (Å²) in [5, 5.41) is 9.08. The molecule has 1 aromatic rings. The van der Waals surface area contributed by atoms with Crippen molar-refractivity contribution in [1.29, 1.82) is 0 Å². The number of quaternary nitrogens is 1. The molecule has 0 heterocycles. The first-order valence-electron chi connectivity index (χ1n) is 7.61. The molecule has 1 rings (SSSR count). The van der Waals surface area contributed by atoms with Gasteiger partial charge in [0.1, 0.15) is 5.75 Å². The molecule has 0 aliphatic carbocycles. The first-order valence-corrected chi connectivity index (χ1v) is 8.18. The fraction of sp³-hybridized carbons (Fsp3) is 0.600. The van der Waals surface area contributed by atoms with Gasteiger partial charge in [0.15, 0.2) is 5.69 Å². The number of hydrogen-bond acceptors (Lipinski definition) is 3. The first-order chi connectivity index (χ1) is 10.4. The van der Waals surface area contributed by atoms with Gasteiger partial charge in [0, 0.05) is 6.07 Å². The number of ether oxygens (including phenoxy) is 1. The van der Waals surface area contributed by atoms with Gasteiger partial charge in [-0.25, -0.2) is 5.21 Å². The van der Waals surface area contributed by atoms with Crippen LogP contribution in [0.2, 0.25) is 0 Å². The molecule has 1 unspecified atom stereocenters. The van der Waals surface area contributed by atoms with E-state index in [-0.39, 0.29) is 22.7 Å². The molecule has 1 aromatic carbocycles. The Morgan fingerprint density at radius 1 is 1.23 bits per heavy atom. The van der Waals surface area contributed by atoms with Gasteiger partial charge in [0.05, 0.1) is 17.9 Å². The Morgan fingerprint density at radius 2 is 1.86 bits per heavy atom. The van der Waals surface area contributed by atoms with E-state index < -0.39 is 5.66 Å². The molecule has 0 aliphatic rings. The summed E-state index contributed by atoms with van der Waals surface area (Å²) >= 11 is 0. The Kier molecular flexibility index (Phi) is 8.01. The maximum Gasteiger partial charge on any atom is 0.287 e. The van der Waals surface area contributed by atoms with Gasteiger partial charge in [0.25, 0.3) is 5.66 Å². The van der Waals surface area contributed by atoms with Crippen molar-refractivity contribution in [3.8, 4) is 5.75 Å². The Balaban J connectivity index is 2.64. The van der Waals surface area contributed by atoms with Crippen molar-refractivity contribution in [3.63, 3.8) is 0 Å². The van der Waals surface area contributed by atoms with Gasteiger partial charge in [-0.2, -0.15) is 14.3 Å². The van der Waals surface area contributed by atoms with Crippen molar-refractivity contribution in [2.45, 2.75) is 51.1 Å². The monoisotopic (exact) mass is 335 g/mol. The normalized spacial score (nSPS) is 11.7. The van der Waals surface area contributed by atoms with Crippen molar-refractivity contribution in [2.75, 3.05) is 12.3 Å². The second-order valence-electron chi connectivity index (χ2n) is 5.35. The van der Waals surface area contributed by atoms with Crippen LogP contribution in [0.1, 0.15) is 51.0 Å². The molecule has 5 N–H and O–H groups in total. The number of rotatable bonds is 10. The molecule has 0 spiro atoms. The van der Waals surface area contributed by atoms with Crippen molar-refractivity contribution >= 4 is 20.6 Å². The summed E-state index contributed by atoms with van der Waals surface area (Å²) in [5.41, 5.74) is 3.37. The Morgan fingerprint density at radius 3 is 2.45 bits per heavy atom. The molecule has 0 saturated carbocycles. The molecular formula is C15H26F2N2O2P+. The van der Waals surface area contributed by atoms with E-state index >= 15 is 0 Å². The summed E-state index contributed by atoms with van der Waals surface area (Å²) in [4.78, 5) is 0. The van der Waals surface area contributed by atoms with Gasteiger partial charge in [-0.15, -0.1) is 0 Å². The average Bonchev–Trinajstić information content (AvgIpc) is 2.46. The van der Waals surface area contributed by atoms with Crippen molar-refractivity contribution in [1.82, 2.24) is 0 Å². The molecule has 0 radical (unpaired) electrons. The van der Waals surface area contributed by atoms with E-state index in [9.17, 15) is 8.78 Å². The van der Waals surface area contributed by atoms with Crippen LogP contribution in [0.5, 0.6) is 5.75 Å². The minimum absolute atomic E-state index is 0.0584. The summed E-state index contributed by atoms with van der Waals surface area (Å²) in [6.45, 7) is 2.53. The number of hydrogen-bond donors (Lipinski definition) is 3. The minimum Gasteiger partial charge on any atom is -0.493 e. The van der Waals surface area contributed by atoms with E-state index in [4.69, 9.17) is 15.7 Å². The predicted octanol–water partition coefficient (Wildman–Crippen LogP) is 3.52. The van der Waals surface area contributed by atoms with Crippen LogP contribution in [0.25, 0.3) is 0 Å². The van der Waals surface area contributed by atoms with Crippen molar-refractivity contribution < 1.29 is 24.2 Å². The zero-order valence-electron chi connectivity index (χ0n) is 12.9. The second kappa shape index (κ2) is 9.23. The maximum absolute atomic E-state index is 13.6. The molecule has 0 aromatic heterocycles. The predicted molar refractivity (Wildman–Crippen MR) is 86.7 cm³/mol. The van der Waals surface area contributed by atoms with Gasteiger partial charge in [0.2, 0.25) is 0 Å². The van der Waals surface area contributed by atoms with Gasteiger partial charge in [-0.3, -0.25) is 0 Å². The third-order valence-corrected chi connectivity index (χ3v) is 3.75. The van der Waals surface area contributed by atoms with E-state index in [0.717, 1.165) is 30.8 Å². The quantitative estimate of drug-likeness (QED) is 0.265. The second-order valence-corrected chi connectivity index (χ2v) is 6.07. The van der Waals surface area contributed by atoms with E-state index in [1.54, 1.807) is 0 Å². The van der Waals surface area contributed by atoms with Gasteiger partial charge >= 0.3 is 0 Å².